The Bertz CT molecular complexity index is 39.4. The van der Waals surface area contributed by atoms with Gasteiger partial charge in [0, 0.05) is 0 Å². The highest BCUT2D eigenvalue weighted by Gasteiger charge is 2.26. The van der Waals surface area contributed by atoms with E-state index in [0.29, 0.717) is 0 Å². The summed E-state index contributed by atoms with van der Waals surface area (Å²) in [6, 6.07) is 0. The smallest absolute Gasteiger partial charge is 0.241 e. The molecule has 0 aliphatic carbocycles. The van der Waals surface area contributed by atoms with Gasteiger partial charge < -0.3 is 0 Å². The quantitative estimate of drug-likeness (QED) is 0.504. The van der Waals surface area contributed by atoms with E-state index in [0.717, 1.165) is 0 Å². The van der Waals surface area contributed by atoms with Gasteiger partial charge in [0.05, 0.1) is 0 Å². The molecule has 0 atom stereocenters. The van der Waals surface area contributed by atoms with E-state index in [4.69, 9.17) is 0 Å². The molecule has 46 valence electrons. The molecular formula is C2H3BrF4. The molecule has 0 unspecified atom stereocenters. The van der Waals surface area contributed by atoms with Gasteiger partial charge in [-0.25, -0.2) is 4.39 Å². The summed E-state index contributed by atoms with van der Waals surface area (Å²) in [5.41, 5.74) is 0. The maximum Gasteiger partial charge on any atom is 0.416 e. The van der Waals surface area contributed by atoms with Crippen LogP contribution in [0.3, 0.4) is 0 Å². The standard InChI is InChI=1S/C2H2F4.BrH/c3-1-2(4,5)6;/h1H2;1H. The maximum absolute atomic E-state index is 10.4. The van der Waals surface area contributed by atoms with Crippen LogP contribution in [0.4, 0.5) is 17.6 Å². The van der Waals surface area contributed by atoms with Gasteiger partial charge in [0.25, 0.3) is 0 Å². The largest absolute Gasteiger partial charge is 0.416 e. The monoisotopic (exact) mass is 182 g/mol. The summed E-state index contributed by atoms with van der Waals surface area (Å²) >= 11 is 0. The molecule has 0 bridgehead atoms. The Kier molecular flexibility index (Phi) is 4.73. The van der Waals surface area contributed by atoms with Crippen LogP contribution < -0.4 is 0 Å². The van der Waals surface area contributed by atoms with E-state index in [-0.39, 0.29) is 17.0 Å². The van der Waals surface area contributed by atoms with E-state index in [9.17, 15) is 17.6 Å². The van der Waals surface area contributed by atoms with Crippen molar-refractivity contribution < 1.29 is 17.6 Å². The van der Waals surface area contributed by atoms with Gasteiger partial charge >= 0.3 is 6.18 Å². The summed E-state index contributed by atoms with van der Waals surface area (Å²) in [6.07, 6.45) is -4.62. The van der Waals surface area contributed by atoms with Crippen molar-refractivity contribution >= 4 is 17.0 Å². The molecule has 0 fully saturated rings. The molecule has 0 aliphatic heterocycles. The van der Waals surface area contributed by atoms with Gasteiger partial charge in [-0.05, 0) is 0 Å². The lowest BCUT2D eigenvalue weighted by Crippen LogP contribution is -2.08. The maximum atomic E-state index is 10.4. The Morgan fingerprint density at radius 2 is 1.29 bits per heavy atom. The first-order chi connectivity index (χ1) is 2.56. The minimum atomic E-state index is -4.62. The Hall–Kier alpha value is 0.200. The zero-order valence-electron chi connectivity index (χ0n) is 3.13. The van der Waals surface area contributed by atoms with Crippen LogP contribution in [0.5, 0.6) is 0 Å². The predicted octanol–water partition coefficient (Wildman–Crippen LogP) is 2.10. The van der Waals surface area contributed by atoms with Crippen molar-refractivity contribution in [3.63, 3.8) is 0 Å². The van der Waals surface area contributed by atoms with Gasteiger partial charge in [0.15, 0.2) is 6.67 Å². The Balaban J connectivity index is 0. The second kappa shape index (κ2) is 3.23. The van der Waals surface area contributed by atoms with Crippen molar-refractivity contribution in [3.05, 3.63) is 0 Å². The van der Waals surface area contributed by atoms with Gasteiger partial charge in [-0.2, -0.15) is 13.2 Å². The average molecular weight is 183 g/mol. The van der Waals surface area contributed by atoms with Crippen LogP contribution in [0.1, 0.15) is 0 Å². The second-order valence-electron chi connectivity index (χ2n) is 0.749. The number of hydrogen-bond acceptors (Lipinski definition) is 0. The first-order valence-electron chi connectivity index (χ1n) is 1.19. The van der Waals surface area contributed by atoms with Gasteiger partial charge in [0.2, 0.25) is 0 Å². The molecule has 0 N–H and O–H groups in total. The van der Waals surface area contributed by atoms with E-state index in [1.54, 1.807) is 0 Å². The van der Waals surface area contributed by atoms with Crippen LogP contribution in [0.15, 0.2) is 0 Å². The minimum absolute atomic E-state index is 0. The van der Waals surface area contributed by atoms with Crippen LogP contribution in [-0.2, 0) is 0 Å². The highest BCUT2D eigenvalue weighted by Crippen LogP contribution is 2.13. The van der Waals surface area contributed by atoms with Gasteiger partial charge in [-0.3, -0.25) is 0 Å². The molecule has 0 aliphatic rings. The molecule has 0 heterocycles. The molecular weight excluding hydrogens is 180 g/mol. The fourth-order valence-electron chi connectivity index (χ4n) is 0. The average Bonchev–Trinajstić information content (AvgIpc) is 1.35. The third kappa shape index (κ3) is 10.7. The molecule has 0 rings (SSSR count). The lowest BCUT2D eigenvalue weighted by atomic mass is 10.8. The third-order valence-corrected chi connectivity index (χ3v) is 0.152. The molecule has 7 heavy (non-hydrogen) atoms. The predicted molar refractivity (Wildman–Crippen MR) is 22.4 cm³/mol. The number of halogens is 5. The second-order valence-corrected chi connectivity index (χ2v) is 0.749. The summed E-state index contributed by atoms with van der Waals surface area (Å²) < 4.78 is 41.6. The van der Waals surface area contributed by atoms with Crippen molar-refractivity contribution in [2.45, 2.75) is 6.18 Å². The van der Waals surface area contributed by atoms with Crippen LogP contribution in [0.25, 0.3) is 0 Å². The van der Waals surface area contributed by atoms with E-state index >= 15 is 0 Å². The summed E-state index contributed by atoms with van der Waals surface area (Å²) in [5.74, 6) is 0. The summed E-state index contributed by atoms with van der Waals surface area (Å²) in [5, 5.41) is 0. The summed E-state index contributed by atoms with van der Waals surface area (Å²) in [6.45, 7) is -2.23. The van der Waals surface area contributed by atoms with Crippen LogP contribution in [0, 0.1) is 0 Å². The zero-order valence-corrected chi connectivity index (χ0v) is 4.84. The highest BCUT2D eigenvalue weighted by atomic mass is 79.9. The fraction of sp³-hybridized carbons (Fsp3) is 1.00. The number of alkyl halides is 4. The van der Waals surface area contributed by atoms with E-state index in [1.807, 2.05) is 0 Å². The Morgan fingerprint density at radius 3 is 1.29 bits per heavy atom. The molecule has 0 amide bonds. The third-order valence-electron chi connectivity index (χ3n) is 0.152. The summed E-state index contributed by atoms with van der Waals surface area (Å²) in [7, 11) is 0. The lowest BCUT2D eigenvalue weighted by molar-refractivity contribution is -0.142. The van der Waals surface area contributed by atoms with Crippen LogP contribution in [0.2, 0.25) is 0 Å². The van der Waals surface area contributed by atoms with Gasteiger partial charge in [-0.1, -0.05) is 0 Å². The molecule has 0 spiro atoms. The SMILES string of the molecule is Br.FCC(F)(F)F. The van der Waals surface area contributed by atoms with Crippen molar-refractivity contribution in [1.29, 1.82) is 0 Å². The van der Waals surface area contributed by atoms with E-state index in [2.05, 4.69) is 0 Å². The first-order valence-corrected chi connectivity index (χ1v) is 1.19. The normalized spacial score (nSPS) is 10.3. The molecule has 0 saturated heterocycles. The number of hydrogen-bond donors (Lipinski definition) is 0. The van der Waals surface area contributed by atoms with Crippen LogP contribution in [-0.4, -0.2) is 12.9 Å². The molecule has 0 aromatic carbocycles. The molecule has 0 aromatic heterocycles. The molecule has 5 heteroatoms. The highest BCUT2D eigenvalue weighted by molar-refractivity contribution is 8.93. The van der Waals surface area contributed by atoms with Crippen molar-refractivity contribution in [2.75, 3.05) is 6.67 Å². The van der Waals surface area contributed by atoms with Crippen LogP contribution >= 0.6 is 17.0 Å². The van der Waals surface area contributed by atoms with Crippen molar-refractivity contribution in [1.82, 2.24) is 0 Å². The molecule has 0 radical (unpaired) electrons. The fourth-order valence-corrected chi connectivity index (χ4v) is 0. The molecule has 0 saturated carbocycles. The Morgan fingerprint density at radius 1 is 1.14 bits per heavy atom. The summed E-state index contributed by atoms with van der Waals surface area (Å²) in [4.78, 5) is 0. The first kappa shape index (κ1) is 10.2. The van der Waals surface area contributed by atoms with E-state index < -0.39 is 12.9 Å². The van der Waals surface area contributed by atoms with Gasteiger partial charge in [0.1, 0.15) is 0 Å². The van der Waals surface area contributed by atoms with E-state index in [1.165, 1.54) is 0 Å². The molecule has 0 aromatic rings. The number of rotatable bonds is 0. The topological polar surface area (TPSA) is 0 Å². The molecule has 0 nitrogen and oxygen atoms in total. The van der Waals surface area contributed by atoms with Gasteiger partial charge in [-0.15, -0.1) is 17.0 Å². The lowest BCUT2D eigenvalue weighted by Gasteiger charge is -1.93. The van der Waals surface area contributed by atoms with Crippen molar-refractivity contribution in [3.8, 4) is 0 Å². The zero-order chi connectivity index (χ0) is 5.21. The minimum Gasteiger partial charge on any atom is -0.241 e. The Labute approximate surface area is 48.3 Å². The van der Waals surface area contributed by atoms with Crippen molar-refractivity contribution in [2.24, 2.45) is 0 Å².